The largest absolute Gasteiger partial charge is 0.347 e. The van der Waals surface area contributed by atoms with E-state index in [1.807, 2.05) is 20.8 Å². The third-order valence-corrected chi connectivity index (χ3v) is 2.06. The van der Waals surface area contributed by atoms with Gasteiger partial charge in [0.1, 0.15) is 5.82 Å². The molecule has 0 fully saturated rings. The maximum atomic E-state index is 11.5. The molecule has 0 spiro atoms. The average Bonchev–Trinajstić information content (AvgIpc) is 2.65. The number of aromatic amines is 1. The molecule has 0 aliphatic carbocycles. The van der Waals surface area contributed by atoms with Gasteiger partial charge < -0.3 is 5.32 Å². The molecule has 0 aliphatic rings. The molecule has 0 saturated carbocycles. The Morgan fingerprint density at radius 2 is 2.29 bits per heavy atom. The van der Waals surface area contributed by atoms with Crippen molar-refractivity contribution in [3.05, 3.63) is 11.6 Å². The monoisotopic (exact) mass is 196 g/mol. The summed E-state index contributed by atoms with van der Waals surface area (Å²) in [6.45, 7) is 5.92. The summed E-state index contributed by atoms with van der Waals surface area (Å²) in [5.74, 6) is 0.747. The lowest BCUT2D eigenvalue weighted by molar-refractivity contribution is 0.0929. The molecule has 78 valence electrons. The van der Waals surface area contributed by atoms with Gasteiger partial charge in [0.05, 0.1) is 0 Å². The number of aryl methyl sites for hydroxylation is 1. The van der Waals surface area contributed by atoms with Crippen molar-refractivity contribution in [2.24, 2.45) is 0 Å². The van der Waals surface area contributed by atoms with Crippen molar-refractivity contribution in [2.75, 3.05) is 0 Å². The Morgan fingerprint density at radius 1 is 1.57 bits per heavy atom. The van der Waals surface area contributed by atoms with E-state index < -0.39 is 0 Å². The van der Waals surface area contributed by atoms with Gasteiger partial charge in [0, 0.05) is 12.5 Å². The Kier molecular flexibility index (Phi) is 3.62. The molecule has 0 saturated heterocycles. The molecule has 2 N–H and O–H groups in total. The van der Waals surface area contributed by atoms with E-state index in [0.29, 0.717) is 0 Å². The molecule has 0 radical (unpaired) electrons. The van der Waals surface area contributed by atoms with Gasteiger partial charge in [-0.05, 0) is 13.3 Å². The summed E-state index contributed by atoms with van der Waals surface area (Å²) in [6, 6.07) is 0.158. The molecule has 1 rings (SSSR count). The first-order valence-electron chi connectivity index (χ1n) is 4.89. The summed E-state index contributed by atoms with van der Waals surface area (Å²) in [4.78, 5) is 15.5. The molecule has 0 aromatic carbocycles. The molecule has 1 aromatic heterocycles. The Morgan fingerprint density at radius 3 is 2.79 bits per heavy atom. The zero-order valence-electron chi connectivity index (χ0n) is 8.79. The molecule has 1 heterocycles. The van der Waals surface area contributed by atoms with Crippen LogP contribution in [-0.2, 0) is 6.42 Å². The van der Waals surface area contributed by atoms with E-state index in [0.717, 1.165) is 18.7 Å². The molecule has 5 nitrogen and oxygen atoms in total. The smallest absolute Gasteiger partial charge is 0.291 e. The number of rotatable bonds is 4. The van der Waals surface area contributed by atoms with Gasteiger partial charge in [-0.3, -0.25) is 9.89 Å². The Hall–Kier alpha value is -1.39. The van der Waals surface area contributed by atoms with Crippen molar-refractivity contribution in [1.29, 1.82) is 0 Å². The number of hydrogen-bond donors (Lipinski definition) is 2. The number of nitrogens with zero attached hydrogens (tertiary/aromatic N) is 2. The van der Waals surface area contributed by atoms with Gasteiger partial charge in [-0.2, -0.15) is 0 Å². The molecule has 1 atom stereocenters. The van der Waals surface area contributed by atoms with Crippen LogP contribution in [0.3, 0.4) is 0 Å². The van der Waals surface area contributed by atoms with Gasteiger partial charge in [0.2, 0.25) is 5.82 Å². The maximum Gasteiger partial charge on any atom is 0.291 e. The predicted octanol–water partition coefficient (Wildman–Crippen LogP) is 0.895. The van der Waals surface area contributed by atoms with Crippen LogP contribution in [0.2, 0.25) is 0 Å². The fourth-order valence-corrected chi connectivity index (χ4v) is 0.945. The Labute approximate surface area is 83.3 Å². The van der Waals surface area contributed by atoms with Gasteiger partial charge in [0.25, 0.3) is 5.91 Å². The molecule has 14 heavy (non-hydrogen) atoms. The topological polar surface area (TPSA) is 70.7 Å². The number of carbonyl (C=O) groups is 1. The molecule has 1 amide bonds. The second-order valence-electron chi connectivity index (χ2n) is 3.24. The predicted molar refractivity (Wildman–Crippen MR) is 53.0 cm³/mol. The van der Waals surface area contributed by atoms with E-state index in [2.05, 4.69) is 20.5 Å². The van der Waals surface area contributed by atoms with Crippen LogP contribution >= 0.6 is 0 Å². The van der Waals surface area contributed by atoms with Crippen LogP contribution < -0.4 is 5.32 Å². The number of H-pyrrole nitrogens is 1. The Balaban J connectivity index is 2.60. The molecule has 0 aliphatic heterocycles. The van der Waals surface area contributed by atoms with Crippen molar-refractivity contribution in [3.8, 4) is 0 Å². The number of nitrogens with one attached hydrogen (secondary N) is 2. The second kappa shape index (κ2) is 4.74. The highest BCUT2D eigenvalue weighted by Crippen LogP contribution is 1.95. The standard InChI is InChI=1S/C9H16N4O/c1-4-6(3)10-9(14)8-11-7(5-2)12-13-8/h6H,4-5H2,1-3H3,(H,10,14)(H,11,12,13). The normalized spacial score (nSPS) is 12.5. The number of aromatic nitrogens is 3. The summed E-state index contributed by atoms with van der Waals surface area (Å²) in [6.07, 6.45) is 1.65. The van der Waals surface area contributed by atoms with Crippen LogP contribution in [0, 0.1) is 0 Å². The van der Waals surface area contributed by atoms with E-state index in [1.165, 1.54) is 0 Å². The summed E-state index contributed by atoms with van der Waals surface area (Å²) < 4.78 is 0. The lowest BCUT2D eigenvalue weighted by atomic mass is 10.2. The molecule has 5 heteroatoms. The van der Waals surface area contributed by atoms with Crippen LogP contribution in [0.1, 0.15) is 43.6 Å². The van der Waals surface area contributed by atoms with Crippen LogP contribution in [0.5, 0.6) is 0 Å². The summed E-state index contributed by atoms with van der Waals surface area (Å²) in [5.41, 5.74) is 0. The third kappa shape index (κ3) is 2.55. The molecule has 1 aromatic rings. The van der Waals surface area contributed by atoms with Crippen LogP contribution in [-0.4, -0.2) is 27.1 Å². The van der Waals surface area contributed by atoms with Gasteiger partial charge in [-0.25, -0.2) is 4.98 Å². The maximum absolute atomic E-state index is 11.5. The minimum Gasteiger partial charge on any atom is -0.347 e. The first kappa shape index (κ1) is 10.7. The first-order valence-corrected chi connectivity index (χ1v) is 4.89. The lowest BCUT2D eigenvalue weighted by Gasteiger charge is -2.08. The summed E-state index contributed by atoms with van der Waals surface area (Å²) >= 11 is 0. The second-order valence-corrected chi connectivity index (χ2v) is 3.24. The summed E-state index contributed by atoms with van der Waals surface area (Å²) in [7, 11) is 0. The molecule has 1 unspecified atom stereocenters. The van der Waals surface area contributed by atoms with Crippen molar-refractivity contribution in [3.63, 3.8) is 0 Å². The van der Waals surface area contributed by atoms with Crippen molar-refractivity contribution in [2.45, 2.75) is 39.7 Å². The van der Waals surface area contributed by atoms with E-state index in [9.17, 15) is 4.79 Å². The van der Waals surface area contributed by atoms with Crippen LogP contribution in [0.25, 0.3) is 0 Å². The zero-order chi connectivity index (χ0) is 10.6. The first-order chi connectivity index (χ1) is 6.67. The van der Waals surface area contributed by atoms with Crippen molar-refractivity contribution < 1.29 is 4.79 Å². The highest BCUT2D eigenvalue weighted by Gasteiger charge is 2.13. The zero-order valence-corrected chi connectivity index (χ0v) is 8.79. The van der Waals surface area contributed by atoms with E-state index in [1.54, 1.807) is 0 Å². The molecule has 0 bridgehead atoms. The number of hydrogen-bond acceptors (Lipinski definition) is 3. The lowest BCUT2D eigenvalue weighted by Crippen LogP contribution is -2.32. The quantitative estimate of drug-likeness (QED) is 0.751. The fourth-order valence-electron chi connectivity index (χ4n) is 0.945. The third-order valence-electron chi connectivity index (χ3n) is 2.06. The van der Waals surface area contributed by atoms with Gasteiger partial charge in [-0.1, -0.05) is 13.8 Å². The van der Waals surface area contributed by atoms with Crippen molar-refractivity contribution in [1.82, 2.24) is 20.5 Å². The fraction of sp³-hybridized carbons (Fsp3) is 0.667. The van der Waals surface area contributed by atoms with E-state index >= 15 is 0 Å². The van der Waals surface area contributed by atoms with Crippen LogP contribution in [0.4, 0.5) is 0 Å². The van der Waals surface area contributed by atoms with Crippen LogP contribution in [0.15, 0.2) is 0 Å². The minimum atomic E-state index is -0.213. The average molecular weight is 196 g/mol. The SMILES string of the molecule is CCc1nc(C(=O)NC(C)CC)n[nH]1. The summed E-state index contributed by atoms with van der Waals surface area (Å²) in [5, 5.41) is 9.33. The van der Waals surface area contributed by atoms with Crippen molar-refractivity contribution >= 4 is 5.91 Å². The van der Waals surface area contributed by atoms with Gasteiger partial charge in [0.15, 0.2) is 0 Å². The van der Waals surface area contributed by atoms with Gasteiger partial charge in [-0.15, -0.1) is 5.10 Å². The van der Waals surface area contributed by atoms with E-state index in [4.69, 9.17) is 0 Å². The Bertz CT molecular complexity index is 308. The number of amides is 1. The van der Waals surface area contributed by atoms with Gasteiger partial charge >= 0.3 is 0 Å². The molecular weight excluding hydrogens is 180 g/mol. The van der Waals surface area contributed by atoms with E-state index in [-0.39, 0.29) is 17.8 Å². The number of carbonyl (C=O) groups excluding carboxylic acids is 1. The molecular formula is C9H16N4O. The highest BCUT2D eigenvalue weighted by molar-refractivity contribution is 5.90. The highest BCUT2D eigenvalue weighted by atomic mass is 16.2. The minimum absolute atomic E-state index is 0.158.